The normalized spacial score (nSPS) is 11.5. The summed E-state index contributed by atoms with van der Waals surface area (Å²) < 4.78 is 26.1. The first-order chi connectivity index (χ1) is 14.1. The molecule has 2 aromatic rings. The molecule has 2 aromatic carbocycles. The van der Waals surface area contributed by atoms with Gasteiger partial charge >= 0.3 is 0 Å². The molecule has 0 atom stereocenters. The predicted octanol–water partition coefficient (Wildman–Crippen LogP) is 2.67. The first-order valence-electron chi connectivity index (χ1n) is 9.21. The van der Waals surface area contributed by atoms with E-state index in [0.717, 1.165) is 9.87 Å². The zero-order valence-electron chi connectivity index (χ0n) is 17.5. The van der Waals surface area contributed by atoms with Crippen LogP contribution in [-0.2, 0) is 16.6 Å². The Morgan fingerprint density at radius 2 is 1.77 bits per heavy atom. The topological polar surface area (TPSA) is 84.7 Å². The van der Waals surface area contributed by atoms with E-state index in [9.17, 15) is 13.2 Å². The van der Waals surface area contributed by atoms with E-state index in [1.165, 1.54) is 32.3 Å². The lowest BCUT2D eigenvalue weighted by Gasteiger charge is -2.25. The molecule has 0 saturated carbocycles. The minimum Gasteiger partial charge on any atom is -0.333 e. The fraction of sp³-hybridized carbons (Fsp3) is 0.333. The molecule has 0 radical (unpaired) electrons. The minimum atomic E-state index is -3.71. The van der Waals surface area contributed by atoms with Crippen LogP contribution < -0.4 is 0 Å². The lowest BCUT2D eigenvalue weighted by molar-refractivity contribution is 0.0732. The third kappa shape index (κ3) is 5.80. The molecule has 1 amide bonds. The summed E-state index contributed by atoms with van der Waals surface area (Å²) in [5, 5.41) is 9.31. The molecule has 0 aliphatic heterocycles. The average Bonchev–Trinajstić information content (AvgIpc) is 2.70. The van der Waals surface area contributed by atoms with Gasteiger partial charge < -0.3 is 9.80 Å². The molecule has 0 heterocycles. The molecule has 0 unspecified atom stereocenters. The molecule has 160 valence electrons. The molecule has 0 aromatic heterocycles. The van der Waals surface area contributed by atoms with Crippen molar-refractivity contribution < 1.29 is 13.2 Å². The molecule has 30 heavy (non-hydrogen) atoms. The summed E-state index contributed by atoms with van der Waals surface area (Å²) in [6.45, 7) is 1.28. The summed E-state index contributed by atoms with van der Waals surface area (Å²) in [7, 11) is 2.94. The summed E-state index contributed by atoms with van der Waals surface area (Å²) in [4.78, 5) is 16.9. The third-order valence-electron chi connectivity index (χ3n) is 4.48. The van der Waals surface area contributed by atoms with Crippen LogP contribution in [0.1, 0.15) is 21.5 Å². The number of benzene rings is 2. The Balaban J connectivity index is 2.43. The molecule has 0 bridgehead atoms. The van der Waals surface area contributed by atoms with Gasteiger partial charge in [-0.25, -0.2) is 12.7 Å². The van der Waals surface area contributed by atoms with Gasteiger partial charge in [-0.15, -0.1) is 0 Å². The van der Waals surface area contributed by atoms with Gasteiger partial charge in [-0.2, -0.15) is 5.26 Å². The van der Waals surface area contributed by atoms with Crippen molar-refractivity contribution in [3.63, 3.8) is 0 Å². The van der Waals surface area contributed by atoms with Gasteiger partial charge in [0.1, 0.15) is 0 Å². The fourth-order valence-corrected chi connectivity index (χ4v) is 3.87. The smallest absolute Gasteiger partial charge is 0.255 e. The number of hydrogen-bond acceptors (Lipinski definition) is 5. The Hall–Kier alpha value is -2.44. The first kappa shape index (κ1) is 23.8. The Morgan fingerprint density at radius 1 is 1.07 bits per heavy atom. The number of halogens is 1. The lowest BCUT2D eigenvalue weighted by Crippen LogP contribution is -2.36. The zero-order valence-corrected chi connectivity index (χ0v) is 19.0. The average molecular weight is 449 g/mol. The van der Waals surface area contributed by atoms with E-state index in [2.05, 4.69) is 6.07 Å². The van der Waals surface area contributed by atoms with Gasteiger partial charge in [0.05, 0.1) is 27.1 Å². The van der Waals surface area contributed by atoms with Gasteiger partial charge in [0.2, 0.25) is 10.0 Å². The summed E-state index contributed by atoms with van der Waals surface area (Å²) in [6, 6.07) is 13.2. The molecule has 0 N–H and O–H groups in total. The van der Waals surface area contributed by atoms with E-state index in [-0.39, 0.29) is 27.9 Å². The van der Waals surface area contributed by atoms with E-state index in [4.69, 9.17) is 16.9 Å². The number of carbonyl (C=O) groups is 1. The van der Waals surface area contributed by atoms with Crippen molar-refractivity contribution in [3.8, 4) is 6.07 Å². The number of nitrogens with zero attached hydrogens (tertiary/aromatic N) is 4. The molecule has 0 aliphatic rings. The van der Waals surface area contributed by atoms with Crippen molar-refractivity contribution in [2.45, 2.75) is 11.4 Å². The highest BCUT2D eigenvalue weighted by Crippen LogP contribution is 2.24. The SMILES string of the molecule is CN(C)CCN(Cc1cccc(C#N)c1)C(=O)c1cc(S(=O)(=O)N(C)C)ccc1Cl. The minimum absolute atomic E-state index is 0.000660. The van der Waals surface area contributed by atoms with Crippen LogP contribution in [0, 0.1) is 11.3 Å². The van der Waals surface area contributed by atoms with Crippen molar-refractivity contribution in [2.75, 3.05) is 41.3 Å². The third-order valence-corrected chi connectivity index (χ3v) is 6.62. The zero-order chi connectivity index (χ0) is 22.5. The molecular formula is C21H25ClN4O3S. The molecule has 0 saturated heterocycles. The molecule has 7 nitrogen and oxygen atoms in total. The predicted molar refractivity (Wildman–Crippen MR) is 117 cm³/mol. The van der Waals surface area contributed by atoms with Crippen molar-refractivity contribution in [2.24, 2.45) is 0 Å². The Bertz CT molecular complexity index is 1060. The van der Waals surface area contributed by atoms with Crippen molar-refractivity contribution in [1.82, 2.24) is 14.1 Å². The number of nitriles is 1. The summed E-state index contributed by atoms with van der Waals surface area (Å²) in [5.41, 5.74) is 1.42. The molecule has 0 aliphatic carbocycles. The Morgan fingerprint density at radius 3 is 2.37 bits per heavy atom. The van der Waals surface area contributed by atoms with Crippen molar-refractivity contribution >= 4 is 27.5 Å². The highest BCUT2D eigenvalue weighted by molar-refractivity contribution is 7.89. The van der Waals surface area contributed by atoms with Gasteiger partial charge in [0.25, 0.3) is 5.91 Å². The maximum absolute atomic E-state index is 13.3. The maximum Gasteiger partial charge on any atom is 0.255 e. The molecular weight excluding hydrogens is 424 g/mol. The fourth-order valence-electron chi connectivity index (χ4n) is 2.74. The van der Waals surface area contributed by atoms with Crippen molar-refractivity contribution in [1.29, 1.82) is 5.26 Å². The van der Waals surface area contributed by atoms with E-state index < -0.39 is 10.0 Å². The highest BCUT2D eigenvalue weighted by Gasteiger charge is 2.24. The van der Waals surface area contributed by atoms with Crippen LogP contribution in [0.25, 0.3) is 0 Å². The molecule has 9 heteroatoms. The molecule has 0 fully saturated rings. The Labute approximate surface area is 183 Å². The van der Waals surface area contributed by atoms with E-state index >= 15 is 0 Å². The van der Waals surface area contributed by atoms with Crippen LogP contribution in [0.2, 0.25) is 5.02 Å². The Kier molecular flexibility index (Phi) is 7.98. The standard InChI is InChI=1S/C21H25ClN4O3S/c1-24(2)10-11-26(15-17-7-5-6-16(12-17)14-23)21(27)19-13-18(8-9-20(19)22)30(28,29)25(3)4/h5-9,12-13H,10-11,15H2,1-4H3. The monoisotopic (exact) mass is 448 g/mol. The summed E-state index contributed by atoms with van der Waals surface area (Å²) >= 11 is 6.27. The van der Waals surface area contributed by atoms with Crippen molar-refractivity contribution in [3.05, 3.63) is 64.2 Å². The van der Waals surface area contributed by atoms with Gasteiger partial charge in [0.15, 0.2) is 0 Å². The maximum atomic E-state index is 13.3. The van der Waals surface area contributed by atoms with E-state index in [0.29, 0.717) is 18.7 Å². The number of carbonyl (C=O) groups excluding carboxylic acids is 1. The first-order valence-corrected chi connectivity index (χ1v) is 11.0. The highest BCUT2D eigenvalue weighted by atomic mass is 35.5. The van der Waals surface area contributed by atoms with Gasteiger partial charge in [-0.05, 0) is 50.0 Å². The quantitative estimate of drug-likeness (QED) is 0.619. The van der Waals surface area contributed by atoms with Crippen LogP contribution in [-0.4, -0.2) is 69.7 Å². The number of sulfonamides is 1. The van der Waals surface area contributed by atoms with Crippen LogP contribution in [0.5, 0.6) is 0 Å². The van der Waals surface area contributed by atoms with Crippen LogP contribution >= 0.6 is 11.6 Å². The summed E-state index contributed by atoms with van der Waals surface area (Å²) in [5.74, 6) is -0.375. The molecule has 0 spiro atoms. The van der Waals surface area contributed by atoms with Crippen LogP contribution in [0.3, 0.4) is 0 Å². The number of likely N-dealkylation sites (N-methyl/N-ethyl adjacent to an activating group) is 1. The van der Waals surface area contributed by atoms with Gasteiger partial charge in [0, 0.05) is 33.7 Å². The van der Waals surface area contributed by atoms with Gasteiger partial charge in [-0.1, -0.05) is 23.7 Å². The number of rotatable bonds is 8. The van der Waals surface area contributed by atoms with Crippen LogP contribution in [0.4, 0.5) is 0 Å². The van der Waals surface area contributed by atoms with Gasteiger partial charge in [-0.3, -0.25) is 4.79 Å². The molecule has 2 rings (SSSR count). The largest absolute Gasteiger partial charge is 0.333 e. The summed E-state index contributed by atoms with van der Waals surface area (Å²) in [6.07, 6.45) is 0. The lowest BCUT2D eigenvalue weighted by atomic mass is 10.1. The van der Waals surface area contributed by atoms with Crippen LogP contribution in [0.15, 0.2) is 47.4 Å². The van der Waals surface area contributed by atoms with E-state index in [1.54, 1.807) is 23.1 Å². The number of amides is 1. The second kappa shape index (κ2) is 10.0. The second-order valence-corrected chi connectivity index (χ2v) is 9.83. The second-order valence-electron chi connectivity index (χ2n) is 7.27. The van der Waals surface area contributed by atoms with E-state index in [1.807, 2.05) is 25.1 Å². The number of hydrogen-bond donors (Lipinski definition) is 0.